The van der Waals surface area contributed by atoms with E-state index < -0.39 is 11.0 Å². The van der Waals surface area contributed by atoms with Gasteiger partial charge in [0.1, 0.15) is 11.8 Å². The highest BCUT2D eigenvalue weighted by molar-refractivity contribution is 5.88. The van der Waals surface area contributed by atoms with Crippen LogP contribution in [0.5, 0.6) is 5.75 Å². The molecule has 0 bridgehead atoms. The molecule has 25 heavy (non-hydrogen) atoms. The van der Waals surface area contributed by atoms with Crippen molar-refractivity contribution in [2.75, 3.05) is 5.32 Å². The van der Waals surface area contributed by atoms with E-state index in [1.807, 2.05) is 37.3 Å². The number of non-ortho nitro benzene ring substituents is 1. The first-order valence-electron chi connectivity index (χ1n) is 7.63. The lowest BCUT2D eigenvalue weighted by atomic mass is 10.2. The summed E-state index contributed by atoms with van der Waals surface area (Å²) >= 11 is 0. The molecule has 0 radical (unpaired) electrons. The molecule has 0 aliphatic carbocycles. The number of carbonyl (C=O) groups excluding carboxylic acids is 1. The van der Waals surface area contributed by atoms with Crippen LogP contribution in [0.3, 0.4) is 0 Å². The largest absolute Gasteiger partial charge is 0.507 e. The van der Waals surface area contributed by atoms with Crippen molar-refractivity contribution in [2.24, 2.45) is 5.10 Å². The summed E-state index contributed by atoms with van der Waals surface area (Å²) in [6.45, 7) is 1.86. The summed E-state index contributed by atoms with van der Waals surface area (Å²) in [5.74, 6) is -0.523. The van der Waals surface area contributed by atoms with Crippen LogP contribution in [0.1, 0.15) is 18.9 Å². The van der Waals surface area contributed by atoms with Crippen molar-refractivity contribution in [1.82, 2.24) is 5.43 Å². The van der Waals surface area contributed by atoms with Crippen LogP contribution in [0, 0.1) is 10.1 Å². The number of hydrogen-bond donors (Lipinski definition) is 3. The summed E-state index contributed by atoms with van der Waals surface area (Å²) in [6.07, 6.45) is 1.70. The van der Waals surface area contributed by atoms with E-state index in [0.29, 0.717) is 6.42 Å². The molecule has 2 aromatic carbocycles. The normalized spacial score (nSPS) is 11.9. The van der Waals surface area contributed by atoms with Crippen molar-refractivity contribution in [3.63, 3.8) is 0 Å². The predicted molar refractivity (Wildman–Crippen MR) is 94.6 cm³/mol. The second kappa shape index (κ2) is 8.44. The third-order valence-corrected chi connectivity index (χ3v) is 3.44. The summed E-state index contributed by atoms with van der Waals surface area (Å²) in [7, 11) is 0. The minimum Gasteiger partial charge on any atom is -0.507 e. The summed E-state index contributed by atoms with van der Waals surface area (Å²) in [6, 6.07) is 12.4. The van der Waals surface area contributed by atoms with Gasteiger partial charge in [-0.2, -0.15) is 5.10 Å². The highest BCUT2D eigenvalue weighted by Gasteiger charge is 2.15. The molecule has 8 nitrogen and oxygen atoms in total. The SMILES string of the molecule is CC[C@H](Nc1ccccc1)C(=O)N/N=C/c1cc([N+](=O)[O-])ccc1O. The lowest BCUT2D eigenvalue weighted by Gasteiger charge is -2.16. The first kappa shape index (κ1) is 17.9. The number of aromatic hydroxyl groups is 1. The first-order valence-corrected chi connectivity index (χ1v) is 7.63. The smallest absolute Gasteiger partial charge is 0.270 e. The highest BCUT2D eigenvalue weighted by atomic mass is 16.6. The number of nitro groups is 1. The van der Waals surface area contributed by atoms with Gasteiger partial charge in [-0.3, -0.25) is 14.9 Å². The molecule has 0 spiro atoms. The first-order chi connectivity index (χ1) is 12.0. The van der Waals surface area contributed by atoms with Crippen LogP contribution in [0.4, 0.5) is 11.4 Å². The van der Waals surface area contributed by atoms with E-state index in [-0.39, 0.29) is 22.9 Å². The monoisotopic (exact) mass is 342 g/mol. The fourth-order valence-electron chi connectivity index (χ4n) is 2.09. The topological polar surface area (TPSA) is 117 Å². The van der Waals surface area contributed by atoms with Gasteiger partial charge in [-0.05, 0) is 24.6 Å². The maximum Gasteiger partial charge on any atom is 0.270 e. The molecular formula is C17H18N4O4. The number of carbonyl (C=O) groups is 1. The van der Waals surface area contributed by atoms with Crippen LogP contribution >= 0.6 is 0 Å². The molecule has 2 aromatic rings. The lowest BCUT2D eigenvalue weighted by Crippen LogP contribution is -2.36. The minimum atomic E-state index is -0.577. The van der Waals surface area contributed by atoms with Crippen LogP contribution in [-0.4, -0.2) is 28.2 Å². The Labute approximate surface area is 144 Å². The average molecular weight is 342 g/mol. The van der Waals surface area contributed by atoms with Crippen LogP contribution in [0.2, 0.25) is 0 Å². The third-order valence-electron chi connectivity index (χ3n) is 3.44. The van der Waals surface area contributed by atoms with Crippen molar-refractivity contribution >= 4 is 23.5 Å². The van der Waals surface area contributed by atoms with Gasteiger partial charge in [-0.25, -0.2) is 5.43 Å². The van der Waals surface area contributed by atoms with Crippen molar-refractivity contribution in [3.8, 4) is 5.75 Å². The number of anilines is 1. The van der Waals surface area contributed by atoms with E-state index in [4.69, 9.17) is 0 Å². The number of hydrazone groups is 1. The molecule has 0 saturated heterocycles. The molecule has 0 saturated carbocycles. The number of nitro benzene ring substituents is 1. The Morgan fingerprint density at radius 3 is 2.68 bits per heavy atom. The third kappa shape index (κ3) is 5.03. The van der Waals surface area contributed by atoms with Crippen molar-refractivity contribution in [3.05, 3.63) is 64.2 Å². The van der Waals surface area contributed by atoms with Crippen LogP contribution in [-0.2, 0) is 4.79 Å². The zero-order chi connectivity index (χ0) is 18.2. The van der Waals surface area contributed by atoms with E-state index in [2.05, 4.69) is 15.8 Å². The van der Waals surface area contributed by atoms with Gasteiger partial charge in [0.15, 0.2) is 0 Å². The van der Waals surface area contributed by atoms with E-state index >= 15 is 0 Å². The van der Waals surface area contributed by atoms with Gasteiger partial charge >= 0.3 is 0 Å². The summed E-state index contributed by atoms with van der Waals surface area (Å²) in [5, 5.41) is 27.3. The Balaban J connectivity index is 2.01. The summed E-state index contributed by atoms with van der Waals surface area (Å²) in [5.41, 5.74) is 3.13. The van der Waals surface area contributed by atoms with E-state index in [1.54, 1.807) is 0 Å². The molecule has 130 valence electrons. The van der Waals surface area contributed by atoms with Crippen molar-refractivity contribution in [1.29, 1.82) is 0 Å². The Kier molecular flexibility index (Phi) is 6.05. The molecular weight excluding hydrogens is 324 g/mol. The lowest BCUT2D eigenvalue weighted by molar-refractivity contribution is -0.384. The standard InChI is InChI=1S/C17H18N4O4/c1-2-15(19-13-6-4-3-5-7-13)17(23)20-18-11-12-10-14(21(24)25)8-9-16(12)22/h3-11,15,19,22H,2H2,1H3,(H,20,23)/b18-11+/t15-/m0/s1. The second-order valence-corrected chi connectivity index (χ2v) is 5.21. The van der Waals surface area contributed by atoms with E-state index in [0.717, 1.165) is 11.9 Å². The van der Waals surface area contributed by atoms with Crippen molar-refractivity contribution in [2.45, 2.75) is 19.4 Å². The Morgan fingerprint density at radius 1 is 1.32 bits per heavy atom. The molecule has 0 aliphatic heterocycles. The zero-order valence-electron chi connectivity index (χ0n) is 13.5. The predicted octanol–water partition coefficient (Wildman–Crippen LogP) is 2.64. The average Bonchev–Trinajstić information content (AvgIpc) is 2.61. The summed E-state index contributed by atoms with van der Waals surface area (Å²) in [4.78, 5) is 22.3. The number of phenolic OH excluding ortho intramolecular Hbond substituents is 1. The number of nitrogens with zero attached hydrogens (tertiary/aromatic N) is 2. The number of para-hydroxylation sites is 1. The van der Waals surface area contributed by atoms with Crippen LogP contribution < -0.4 is 10.7 Å². The van der Waals surface area contributed by atoms with E-state index in [9.17, 15) is 20.0 Å². The molecule has 0 unspecified atom stereocenters. The molecule has 2 rings (SSSR count). The molecule has 0 aromatic heterocycles. The van der Waals surface area contributed by atoms with Gasteiger partial charge in [0, 0.05) is 23.4 Å². The van der Waals surface area contributed by atoms with Gasteiger partial charge in [-0.1, -0.05) is 25.1 Å². The molecule has 0 heterocycles. The van der Waals surface area contributed by atoms with Crippen molar-refractivity contribution < 1.29 is 14.8 Å². The van der Waals surface area contributed by atoms with Gasteiger partial charge in [0.2, 0.25) is 0 Å². The van der Waals surface area contributed by atoms with E-state index in [1.165, 1.54) is 18.2 Å². The molecule has 8 heteroatoms. The fraction of sp³-hybridized carbons (Fsp3) is 0.176. The number of rotatable bonds is 7. The van der Waals surface area contributed by atoms with Crippen LogP contribution in [0.25, 0.3) is 0 Å². The maximum atomic E-state index is 12.2. The molecule has 0 aliphatic rings. The molecule has 0 fully saturated rings. The quantitative estimate of drug-likeness (QED) is 0.406. The Bertz CT molecular complexity index is 777. The van der Waals surface area contributed by atoms with Crippen LogP contribution in [0.15, 0.2) is 53.6 Å². The van der Waals surface area contributed by atoms with Gasteiger partial charge in [0.05, 0.1) is 11.1 Å². The molecule has 3 N–H and O–H groups in total. The molecule has 1 amide bonds. The maximum absolute atomic E-state index is 12.2. The zero-order valence-corrected chi connectivity index (χ0v) is 13.5. The Hall–Kier alpha value is -3.42. The Morgan fingerprint density at radius 2 is 2.04 bits per heavy atom. The number of hydrogen-bond acceptors (Lipinski definition) is 6. The number of benzene rings is 2. The molecule has 1 atom stereocenters. The minimum absolute atomic E-state index is 0.138. The number of amides is 1. The van der Waals surface area contributed by atoms with Gasteiger partial charge < -0.3 is 10.4 Å². The van der Waals surface area contributed by atoms with Gasteiger partial charge in [-0.15, -0.1) is 0 Å². The highest BCUT2D eigenvalue weighted by Crippen LogP contribution is 2.21. The van der Waals surface area contributed by atoms with Gasteiger partial charge in [0.25, 0.3) is 11.6 Å². The summed E-state index contributed by atoms with van der Waals surface area (Å²) < 4.78 is 0. The second-order valence-electron chi connectivity index (χ2n) is 5.21. The number of nitrogens with one attached hydrogen (secondary N) is 2. The number of phenols is 1. The fourth-order valence-corrected chi connectivity index (χ4v) is 2.09.